The number of nitrogens with zero attached hydrogens (tertiary/aromatic N) is 1. The Bertz CT molecular complexity index is 842. The van der Waals surface area contributed by atoms with Gasteiger partial charge in [-0.3, -0.25) is 4.79 Å². The Morgan fingerprint density at radius 1 is 1.04 bits per heavy atom. The second-order valence-electron chi connectivity index (χ2n) is 5.67. The fraction of sp³-hybridized carbons (Fsp3) is 0.235. The van der Waals surface area contributed by atoms with Crippen molar-refractivity contribution in [1.29, 1.82) is 0 Å². The van der Waals surface area contributed by atoms with Crippen LogP contribution in [-0.4, -0.2) is 36.4 Å². The van der Waals surface area contributed by atoms with Gasteiger partial charge >= 0.3 is 5.97 Å². The molecule has 0 unspecified atom stereocenters. The average Bonchev–Trinajstić information content (AvgIpc) is 3.37. The first-order valence-corrected chi connectivity index (χ1v) is 8.70. The van der Waals surface area contributed by atoms with Gasteiger partial charge in [0.25, 0.3) is 0 Å². The highest BCUT2D eigenvalue weighted by Gasteiger charge is 2.58. The number of carboxylic acids is 1. The number of hydrogen-bond acceptors (Lipinski definition) is 3. The highest BCUT2D eigenvalue weighted by Crippen LogP contribution is 2.44. The van der Waals surface area contributed by atoms with Gasteiger partial charge in [-0.1, -0.05) is 48.5 Å². The van der Waals surface area contributed by atoms with Crippen LogP contribution in [0.15, 0.2) is 59.5 Å². The molecule has 5 nitrogen and oxygen atoms in total. The molecule has 0 radical (unpaired) electrons. The lowest BCUT2D eigenvalue weighted by Gasteiger charge is -2.25. The Morgan fingerprint density at radius 2 is 1.61 bits per heavy atom. The third-order valence-electron chi connectivity index (χ3n) is 4.33. The number of rotatable bonds is 5. The highest BCUT2D eigenvalue weighted by molar-refractivity contribution is 7.89. The molecule has 0 heterocycles. The largest absolute Gasteiger partial charge is 0.480 e. The van der Waals surface area contributed by atoms with Crippen LogP contribution in [0, 0.1) is 0 Å². The number of hydrogen-bond donors (Lipinski definition) is 1. The molecule has 0 amide bonds. The zero-order valence-electron chi connectivity index (χ0n) is 12.6. The molecule has 0 atom stereocenters. The number of carboxylic acid groups (broad SMARTS) is 1. The maximum atomic E-state index is 13.0. The number of benzene rings is 2. The molecule has 6 heteroatoms. The van der Waals surface area contributed by atoms with Gasteiger partial charge < -0.3 is 5.11 Å². The van der Waals surface area contributed by atoms with Crippen LogP contribution in [0.4, 0.5) is 0 Å². The summed E-state index contributed by atoms with van der Waals surface area (Å²) >= 11 is 0. The predicted molar refractivity (Wildman–Crippen MR) is 86.4 cm³/mol. The first-order chi connectivity index (χ1) is 10.9. The Hall–Kier alpha value is -2.18. The quantitative estimate of drug-likeness (QED) is 0.914. The van der Waals surface area contributed by atoms with Gasteiger partial charge in [0.2, 0.25) is 10.0 Å². The van der Waals surface area contributed by atoms with Crippen molar-refractivity contribution in [1.82, 2.24) is 4.31 Å². The zero-order valence-corrected chi connectivity index (χ0v) is 13.5. The van der Waals surface area contributed by atoms with Gasteiger partial charge in [-0.05, 0) is 24.5 Å². The van der Waals surface area contributed by atoms with Crippen LogP contribution in [0.3, 0.4) is 0 Å². The third-order valence-corrected chi connectivity index (χ3v) is 6.32. The molecule has 0 bridgehead atoms. The second kappa shape index (κ2) is 5.47. The molecule has 0 spiro atoms. The average molecular weight is 331 g/mol. The topological polar surface area (TPSA) is 74.7 Å². The number of carbonyl (C=O) groups is 1. The van der Waals surface area contributed by atoms with Gasteiger partial charge in [0.1, 0.15) is 5.54 Å². The molecule has 0 aromatic heterocycles. The van der Waals surface area contributed by atoms with Gasteiger partial charge in [0.15, 0.2) is 0 Å². The predicted octanol–water partition coefficient (Wildman–Crippen LogP) is 2.59. The minimum absolute atomic E-state index is 0.126. The minimum atomic E-state index is -3.91. The lowest BCUT2D eigenvalue weighted by Crippen LogP contribution is -2.44. The Balaban J connectivity index is 2.10. The summed E-state index contributed by atoms with van der Waals surface area (Å²) in [6.07, 6.45) is 0.678. The molecule has 0 saturated heterocycles. The van der Waals surface area contributed by atoms with Crippen LogP contribution < -0.4 is 0 Å². The lowest BCUT2D eigenvalue weighted by molar-refractivity contribution is -0.142. The minimum Gasteiger partial charge on any atom is -0.480 e. The van der Waals surface area contributed by atoms with Gasteiger partial charge in [-0.2, -0.15) is 4.31 Å². The molecule has 1 fully saturated rings. The first kappa shape index (κ1) is 15.7. The van der Waals surface area contributed by atoms with Crippen LogP contribution in [0.1, 0.15) is 12.8 Å². The maximum Gasteiger partial charge on any atom is 0.325 e. The molecule has 3 rings (SSSR count). The molecule has 1 saturated carbocycles. The molecule has 2 aromatic carbocycles. The Morgan fingerprint density at radius 3 is 2.17 bits per heavy atom. The summed E-state index contributed by atoms with van der Waals surface area (Å²) < 4.78 is 27.0. The van der Waals surface area contributed by atoms with E-state index in [0.717, 1.165) is 9.87 Å². The van der Waals surface area contributed by atoms with Crippen LogP contribution in [-0.2, 0) is 14.8 Å². The third kappa shape index (κ3) is 2.54. The van der Waals surface area contributed by atoms with Crippen molar-refractivity contribution in [2.75, 3.05) is 7.05 Å². The molecule has 1 N–H and O–H groups in total. The van der Waals surface area contributed by atoms with E-state index in [4.69, 9.17) is 0 Å². The number of aliphatic carboxylic acids is 1. The summed E-state index contributed by atoms with van der Waals surface area (Å²) in [6, 6.07) is 15.9. The van der Waals surface area contributed by atoms with Gasteiger partial charge in [-0.25, -0.2) is 8.42 Å². The SMILES string of the molecule is CN(C1(C(=O)O)CC1)S(=O)(=O)c1ccccc1-c1ccccc1. The van der Waals surface area contributed by atoms with Crippen molar-refractivity contribution >= 4 is 16.0 Å². The van der Waals surface area contributed by atoms with Crippen molar-refractivity contribution < 1.29 is 18.3 Å². The monoisotopic (exact) mass is 331 g/mol. The molecule has 1 aliphatic carbocycles. The Kier molecular flexibility index (Phi) is 3.74. The maximum absolute atomic E-state index is 13.0. The molecule has 0 aliphatic heterocycles. The highest BCUT2D eigenvalue weighted by atomic mass is 32.2. The molecular formula is C17H17NO4S. The molecule has 23 heavy (non-hydrogen) atoms. The van der Waals surface area contributed by atoms with E-state index in [1.807, 2.05) is 30.3 Å². The zero-order chi connectivity index (χ0) is 16.7. The molecular weight excluding hydrogens is 314 g/mol. The Labute approximate surface area is 135 Å². The van der Waals surface area contributed by atoms with E-state index in [-0.39, 0.29) is 4.90 Å². The normalized spacial score (nSPS) is 16.3. The van der Waals surface area contributed by atoms with E-state index >= 15 is 0 Å². The van der Waals surface area contributed by atoms with Gasteiger partial charge in [0.05, 0.1) is 4.90 Å². The van der Waals surface area contributed by atoms with Crippen LogP contribution in [0.5, 0.6) is 0 Å². The van der Waals surface area contributed by atoms with E-state index in [0.29, 0.717) is 18.4 Å². The smallest absolute Gasteiger partial charge is 0.325 e. The summed E-state index contributed by atoms with van der Waals surface area (Å²) in [6.45, 7) is 0. The fourth-order valence-electron chi connectivity index (χ4n) is 2.71. The lowest BCUT2D eigenvalue weighted by atomic mass is 10.1. The first-order valence-electron chi connectivity index (χ1n) is 7.26. The summed E-state index contributed by atoms with van der Waals surface area (Å²) in [5.74, 6) is -1.10. The van der Waals surface area contributed by atoms with Gasteiger partial charge in [-0.15, -0.1) is 0 Å². The van der Waals surface area contributed by atoms with Gasteiger partial charge in [0, 0.05) is 12.6 Å². The fourth-order valence-corrected chi connectivity index (χ4v) is 4.44. The molecule has 120 valence electrons. The van der Waals surface area contributed by atoms with E-state index in [9.17, 15) is 18.3 Å². The van der Waals surface area contributed by atoms with Crippen molar-refractivity contribution in [2.24, 2.45) is 0 Å². The molecule has 2 aromatic rings. The van der Waals surface area contributed by atoms with E-state index in [1.165, 1.54) is 13.1 Å². The number of likely N-dealkylation sites (N-methyl/N-ethyl adjacent to an activating group) is 1. The van der Waals surface area contributed by atoms with Crippen molar-refractivity contribution in [3.05, 3.63) is 54.6 Å². The number of sulfonamides is 1. The molecule has 1 aliphatic rings. The van der Waals surface area contributed by atoms with E-state index < -0.39 is 21.5 Å². The van der Waals surface area contributed by atoms with Crippen LogP contribution in [0.25, 0.3) is 11.1 Å². The second-order valence-corrected chi connectivity index (χ2v) is 7.61. The summed E-state index contributed by atoms with van der Waals surface area (Å²) in [7, 11) is -2.56. The summed E-state index contributed by atoms with van der Waals surface area (Å²) in [5.41, 5.74) is 0.0456. The van der Waals surface area contributed by atoms with Crippen molar-refractivity contribution in [3.8, 4) is 11.1 Å². The van der Waals surface area contributed by atoms with Crippen molar-refractivity contribution in [2.45, 2.75) is 23.3 Å². The van der Waals surface area contributed by atoms with E-state index in [1.54, 1.807) is 18.2 Å². The van der Waals surface area contributed by atoms with Crippen molar-refractivity contribution in [3.63, 3.8) is 0 Å². The van der Waals surface area contributed by atoms with Crippen LogP contribution >= 0.6 is 0 Å². The summed E-state index contributed by atoms with van der Waals surface area (Å²) in [5, 5.41) is 9.36. The van der Waals surface area contributed by atoms with E-state index in [2.05, 4.69) is 0 Å². The van der Waals surface area contributed by atoms with Crippen LogP contribution in [0.2, 0.25) is 0 Å². The summed E-state index contributed by atoms with van der Waals surface area (Å²) in [4.78, 5) is 11.6. The standard InChI is InChI=1S/C17H17NO4S/c1-18(17(11-12-17)16(19)20)23(21,22)15-10-6-5-9-14(15)13-7-3-2-4-8-13/h2-10H,11-12H2,1H3,(H,19,20).